The molecule has 3 aromatic rings. The number of halogens is 1. The lowest BCUT2D eigenvalue weighted by Crippen LogP contribution is -2.03. The average Bonchev–Trinajstić information content (AvgIpc) is 2.97. The summed E-state index contributed by atoms with van der Waals surface area (Å²) in [4.78, 5) is 8.90. The van der Waals surface area contributed by atoms with Crippen molar-refractivity contribution in [3.05, 3.63) is 46.2 Å². The Bertz CT molecular complexity index is 673. The average molecular weight is 278 g/mol. The van der Waals surface area contributed by atoms with E-state index in [1.54, 1.807) is 11.3 Å². The summed E-state index contributed by atoms with van der Waals surface area (Å²) >= 11 is 7.63. The second-order valence-corrected chi connectivity index (χ2v) is 5.41. The van der Waals surface area contributed by atoms with Crippen LogP contribution >= 0.6 is 22.9 Å². The first-order valence-corrected chi connectivity index (χ1v) is 7.09. The molecule has 2 heterocycles. The maximum Gasteiger partial charge on any atom is 0.125 e. The predicted octanol–water partition coefficient (Wildman–Crippen LogP) is 3.59. The molecule has 0 amide bonds. The predicted molar refractivity (Wildman–Crippen MR) is 75.2 cm³/mol. The van der Waals surface area contributed by atoms with E-state index in [2.05, 4.69) is 39.7 Å². The molecule has 3 rings (SSSR count). The number of benzene rings is 1. The van der Waals surface area contributed by atoms with Gasteiger partial charge in [-0.25, -0.2) is 9.97 Å². The highest BCUT2D eigenvalue weighted by Gasteiger charge is 2.11. The van der Waals surface area contributed by atoms with Gasteiger partial charge in [-0.2, -0.15) is 0 Å². The van der Waals surface area contributed by atoms with Gasteiger partial charge in [0.2, 0.25) is 0 Å². The molecule has 0 fully saturated rings. The second-order valence-electron chi connectivity index (χ2n) is 4.17. The molecule has 0 aliphatic rings. The topological polar surface area (TPSA) is 30.7 Å². The molecule has 18 heavy (non-hydrogen) atoms. The lowest BCUT2D eigenvalue weighted by Gasteiger charge is -2.05. The van der Waals surface area contributed by atoms with Crippen LogP contribution in [-0.4, -0.2) is 14.5 Å². The highest BCUT2D eigenvalue weighted by molar-refractivity contribution is 7.09. The van der Waals surface area contributed by atoms with Crippen molar-refractivity contribution in [3.8, 4) is 0 Å². The number of hydrogen-bond donors (Lipinski definition) is 0. The molecule has 5 heteroatoms. The third-order valence-electron chi connectivity index (χ3n) is 2.88. The second kappa shape index (κ2) is 4.71. The van der Waals surface area contributed by atoms with Gasteiger partial charge in [-0.1, -0.05) is 6.07 Å². The van der Waals surface area contributed by atoms with Gasteiger partial charge in [0.05, 0.1) is 23.5 Å². The zero-order chi connectivity index (χ0) is 12.5. The van der Waals surface area contributed by atoms with Crippen molar-refractivity contribution < 1.29 is 0 Å². The highest BCUT2D eigenvalue weighted by Crippen LogP contribution is 2.21. The van der Waals surface area contributed by atoms with Crippen LogP contribution in [0.2, 0.25) is 0 Å². The van der Waals surface area contributed by atoms with E-state index in [1.807, 2.05) is 11.6 Å². The van der Waals surface area contributed by atoms with E-state index in [-0.39, 0.29) is 0 Å². The Labute approximate surface area is 114 Å². The van der Waals surface area contributed by atoms with Gasteiger partial charge in [0.1, 0.15) is 10.8 Å². The molecule has 0 bridgehead atoms. The molecule has 0 aliphatic heterocycles. The van der Waals surface area contributed by atoms with Gasteiger partial charge in [0.25, 0.3) is 0 Å². The standard InChI is InChI=1S/C13H12ClN3S/c1-9-2-3-11-10(6-9)16-12(7-14)17(11)8-13-15-4-5-18-13/h2-6H,7-8H2,1H3. The molecule has 0 saturated carbocycles. The molecule has 0 radical (unpaired) electrons. The fraction of sp³-hybridized carbons (Fsp3) is 0.231. The van der Waals surface area contributed by atoms with Crippen LogP contribution in [0.5, 0.6) is 0 Å². The van der Waals surface area contributed by atoms with E-state index in [1.165, 1.54) is 5.56 Å². The highest BCUT2D eigenvalue weighted by atomic mass is 35.5. The molecule has 0 aliphatic carbocycles. The number of aromatic nitrogens is 3. The minimum Gasteiger partial charge on any atom is -0.320 e. The van der Waals surface area contributed by atoms with Crippen LogP contribution in [0.3, 0.4) is 0 Å². The van der Waals surface area contributed by atoms with Crippen LogP contribution in [0.1, 0.15) is 16.4 Å². The zero-order valence-electron chi connectivity index (χ0n) is 9.93. The molecule has 0 saturated heterocycles. The van der Waals surface area contributed by atoms with Crippen LogP contribution in [0.4, 0.5) is 0 Å². The molecule has 92 valence electrons. The first-order chi connectivity index (χ1) is 8.78. The van der Waals surface area contributed by atoms with E-state index in [4.69, 9.17) is 11.6 Å². The van der Waals surface area contributed by atoms with Gasteiger partial charge >= 0.3 is 0 Å². The van der Waals surface area contributed by atoms with Gasteiger partial charge in [0.15, 0.2) is 0 Å². The summed E-state index contributed by atoms with van der Waals surface area (Å²) in [5, 5.41) is 3.06. The maximum absolute atomic E-state index is 5.98. The molecule has 2 aromatic heterocycles. The van der Waals surface area contributed by atoms with E-state index in [0.717, 1.165) is 28.4 Å². The Morgan fingerprint density at radius 3 is 3.00 bits per heavy atom. The van der Waals surface area contributed by atoms with Crippen molar-refractivity contribution in [2.45, 2.75) is 19.3 Å². The number of thiazole rings is 1. The van der Waals surface area contributed by atoms with Crippen LogP contribution in [0.25, 0.3) is 11.0 Å². The molecule has 0 spiro atoms. The summed E-state index contributed by atoms with van der Waals surface area (Å²) in [6.45, 7) is 2.80. The van der Waals surface area contributed by atoms with Crippen molar-refractivity contribution in [1.29, 1.82) is 0 Å². The van der Waals surface area contributed by atoms with Crippen LogP contribution < -0.4 is 0 Å². The quantitative estimate of drug-likeness (QED) is 0.685. The molecular formula is C13H12ClN3S. The summed E-state index contributed by atoms with van der Waals surface area (Å²) in [6.07, 6.45) is 1.82. The lowest BCUT2D eigenvalue weighted by atomic mass is 10.2. The number of imidazole rings is 1. The third kappa shape index (κ3) is 2.02. The van der Waals surface area contributed by atoms with Crippen LogP contribution in [-0.2, 0) is 12.4 Å². The van der Waals surface area contributed by atoms with E-state index < -0.39 is 0 Å². The SMILES string of the molecule is Cc1ccc2c(c1)nc(CCl)n2Cc1nccs1. The number of aryl methyl sites for hydroxylation is 1. The first-order valence-electron chi connectivity index (χ1n) is 5.68. The van der Waals surface area contributed by atoms with E-state index in [0.29, 0.717) is 5.88 Å². The van der Waals surface area contributed by atoms with Crippen molar-refractivity contribution in [2.75, 3.05) is 0 Å². The number of nitrogens with zero attached hydrogens (tertiary/aromatic N) is 3. The third-order valence-corrected chi connectivity index (χ3v) is 3.88. The van der Waals surface area contributed by atoms with Crippen molar-refractivity contribution in [2.24, 2.45) is 0 Å². The Kier molecular flexibility index (Phi) is 3.06. The summed E-state index contributed by atoms with van der Waals surface area (Å²) in [6, 6.07) is 6.28. The van der Waals surface area contributed by atoms with E-state index in [9.17, 15) is 0 Å². The molecule has 0 atom stereocenters. The first kappa shape index (κ1) is 11.7. The van der Waals surface area contributed by atoms with E-state index >= 15 is 0 Å². The van der Waals surface area contributed by atoms with Gasteiger partial charge in [-0.3, -0.25) is 0 Å². The molecule has 1 aromatic carbocycles. The summed E-state index contributed by atoms with van der Waals surface area (Å²) in [5.74, 6) is 1.31. The molecule has 3 nitrogen and oxygen atoms in total. The minimum absolute atomic E-state index is 0.416. The lowest BCUT2D eigenvalue weighted by molar-refractivity contribution is 0.773. The monoisotopic (exact) mass is 277 g/mol. The van der Waals surface area contributed by atoms with Crippen LogP contribution in [0, 0.1) is 6.92 Å². The number of rotatable bonds is 3. The van der Waals surface area contributed by atoms with Gasteiger partial charge in [-0.15, -0.1) is 22.9 Å². The number of hydrogen-bond acceptors (Lipinski definition) is 3. The summed E-state index contributed by atoms with van der Waals surface area (Å²) in [7, 11) is 0. The van der Waals surface area contributed by atoms with Crippen molar-refractivity contribution in [1.82, 2.24) is 14.5 Å². The van der Waals surface area contributed by atoms with Crippen molar-refractivity contribution >= 4 is 34.0 Å². The molecular weight excluding hydrogens is 266 g/mol. The Hall–Kier alpha value is -1.39. The summed E-state index contributed by atoms with van der Waals surface area (Å²) < 4.78 is 2.14. The molecule has 0 N–H and O–H groups in total. The largest absolute Gasteiger partial charge is 0.320 e. The van der Waals surface area contributed by atoms with Gasteiger partial charge < -0.3 is 4.57 Å². The Morgan fingerprint density at radius 2 is 2.28 bits per heavy atom. The van der Waals surface area contributed by atoms with Crippen molar-refractivity contribution in [3.63, 3.8) is 0 Å². The van der Waals surface area contributed by atoms with Gasteiger partial charge in [0, 0.05) is 11.6 Å². The smallest absolute Gasteiger partial charge is 0.125 e. The fourth-order valence-corrected chi connectivity index (χ4v) is 2.84. The van der Waals surface area contributed by atoms with Gasteiger partial charge in [-0.05, 0) is 24.6 Å². The molecule has 0 unspecified atom stereocenters. The fourth-order valence-electron chi connectivity index (χ4n) is 2.03. The minimum atomic E-state index is 0.416. The Balaban J connectivity index is 2.13. The van der Waals surface area contributed by atoms with Crippen LogP contribution in [0.15, 0.2) is 29.8 Å². The zero-order valence-corrected chi connectivity index (χ0v) is 11.5. The number of fused-ring (bicyclic) bond motifs is 1. The number of alkyl halides is 1. The Morgan fingerprint density at radius 1 is 1.39 bits per heavy atom. The maximum atomic E-state index is 5.98. The summed E-state index contributed by atoms with van der Waals surface area (Å²) in [5.41, 5.74) is 3.33. The normalized spacial score (nSPS) is 11.2.